The first-order valence-corrected chi connectivity index (χ1v) is 7.22. The van der Waals surface area contributed by atoms with Crippen LogP contribution in [0.5, 0.6) is 0 Å². The van der Waals surface area contributed by atoms with Crippen molar-refractivity contribution in [1.29, 1.82) is 0 Å². The molecule has 1 atom stereocenters. The number of methoxy groups -OCH3 is 1. The molecular formula is C12H18N2O4S. The maximum absolute atomic E-state index is 12.1. The number of anilines is 1. The van der Waals surface area contributed by atoms with Crippen LogP contribution in [-0.4, -0.2) is 27.5 Å². The van der Waals surface area contributed by atoms with E-state index < -0.39 is 22.0 Å². The van der Waals surface area contributed by atoms with Crippen LogP contribution in [0.15, 0.2) is 29.2 Å². The van der Waals surface area contributed by atoms with Crippen LogP contribution in [0.1, 0.15) is 13.8 Å². The molecule has 1 aromatic carbocycles. The Hall–Kier alpha value is -1.60. The third-order valence-electron chi connectivity index (χ3n) is 2.59. The maximum atomic E-state index is 12.1. The third-order valence-corrected chi connectivity index (χ3v) is 4.05. The lowest BCUT2D eigenvalue weighted by Gasteiger charge is -2.19. The Bertz CT molecular complexity index is 537. The van der Waals surface area contributed by atoms with E-state index in [-0.39, 0.29) is 10.8 Å². The third kappa shape index (κ3) is 3.93. The van der Waals surface area contributed by atoms with Gasteiger partial charge in [0.1, 0.15) is 6.04 Å². The Morgan fingerprint density at radius 3 is 2.21 bits per heavy atom. The summed E-state index contributed by atoms with van der Waals surface area (Å²) in [7, 11) is -2.57. The van der Waals surface area contributed by atoms with Gasteiger partial charge in [-0.2, -0.15) is 4.72 Å². The minimum Gasteiger partial charge on any atom is -0.468 e. The molecule has 106 valence electrons. The second-order valence-corrected chi connectivity index (χ2v) is 6.15. The summed E-state index contributed by atoms with van der Waals surface area (Å²) in [6, 6.07) is 4.81. The summed E-state index contributed by atoms with van der Waals surface area (Å²) < 4.78 is 31.2. The molecule has 0 aliphatic heterocycles. The van der Waals surface area contributed by atoms with Crippen molar-refractivity contribution in [3.8, 4) is 0 Å². The summed E-state index contributed by atoms with van der Waals surface area (Å²) in [5.41, 5.74) is 5.96. The minimum atomic E-state index is -3.78. The van der Waals surface area contributed by atoms with Gasteiger partial charge in [-0.05, 0) is 30.2 Å². The summed E-state index contributed by atoms with van der Waals surface area (Å²) in [6.07, 6.45) is 0. The van der Waals surface area contributed by atoms with Crippen LogP contribution in [0.2, 0.25) is 0 Å². The molecule has 1 unspecified atom stereocenters. The molecule has 19 heavy (non-hydrogen) atoms. The second-order valence-electron chi connectivity index (χ2n) is 4.44. The maximum Gasteiger partial charge on any atom is 0.324 e. The van der Waals surface area contributed by atoms with Crippen molar-refractivity contribution in [2.75, 3.05) is 12.8 Å². The van der Waals surface area contributed by atoms with E-state index in [9.17, 15) is 13.2 Å². The topological polar surface area (TPSA) is 98.5 Å². The van der Waals surface area contributed by atoms with E-state index in [1.54, 1.807) is 13.8 Å². The normalized spacial score (nSPS) is 13.3. The van der Waals surface area contributed by atoms with E-state index in [4.69, 9.17) is 5.73 Å². The molecule has 1 rings (SSSR count). The van der Waals surface area contributed by atoms with Crippen LogP contribution >= 0.6 is 0 Å². The molecule has 0 bridgehead atoms. The van der Waals surface area contributed by atoms with Gasteiger partial charge in [0.05, 0.1) is 12.0 Å². The van der Waals surface area contributed by atoms with Gasteiger partial charge in [-0.3, -0.25) is 4.79 Å². The predicted molar refractivity (Wildman–Crippen MR) is 71.8 cm³/mol. The van der Waals surface area contributed by atoms with E-state index in [0.717, 1.165) is 0 Å². The number of hydrogen-bond acceptors (Lipinski definition) is 5. The molecule has 0 fully saturated rings. The number of esters is 1. The highest BCUT2D eigenvalue weighted by atomic mass is 32.2. The molecule has 0 saturated carbocycles. The van der Waals surface area contributed by atoms with Gasteiger partial charge < -0.3 is 10.5 Å². The Kier molecular flexibility index (Phi) is 4.90. The molecule has 7 heteroatoms. The van der Waals surface area contributed by atoms with Gasteiger partial charge in [0.25, 0.3) is 0 Å². The molecule has 0 aromatic heterocycles. The highest BCUT2D eigenvalue weighted by Gasteiger charge is 2.28. The van der Waals surface area contributed by atoms with Crippen molar-refractivity contribution in [3.63, 3.8) is 0 Å². The number of nitrogens with two attached hydrogens (primary N) is 1. The molecule has 0 aliphatic carbocycles. The molecule has 0 aliphatic rings. The fraction of sp³-hybridized carbons (Fsp3) is 0.417. The van der Waals surface area contributed by atoms with Crippen LogP contribution in [0.25, 0.3) is 0 Å². The number of carbonyl (C=O) groups is 1. The van der Waals surface area contributed by atoms with Gasteiger partial charge in [-0.25, -0.2) is 8.42 Å². The Morgan fingerprint density at radius 2 is 1.79 bits per heavy atom. The average Bonchev–Trinajstić information content (AvgIpc) is 2.35. The zero-order valence-corrected chi connectivity index (χ0v) is 11.9. The summed E-state index contributed by atoms with van der Waals surface area (Å²) in [5.74, 6) is -0.843. The summed E-state index contributed by atoms with van der Waals surface area (Å²) in [6.45, 7) is 3.46. The largest absolute Gasteiger partial charge is 0.468 e. The number of carbonyl (C=O) groups excluding carboxylic acids is 1. The first-order chi connectivity index (χ1) is 8.77. The molecule has 0 radical (unpaired) electrons. The molecule has 6 nitrogen and oxygen atoms in total. The van der Waals surface area contributed by atoms with Gasteiger partial charge in [-0.15, -0.1) is 0 Å². The molecule has 1 aromatic rings. The first-order valence-electron chi connectivity index (χ1n) is 5.73. The van der Waals surface area contributed by atoms with Crippen LogP contribution in [0.3, 0.4) is 0 Å². The van der Waals surface area contributed by atoms with E-state index in [2.05, 4.69) is 9.46 Å². The lowest BCUT2D eigenvalue weighted by Crippen LogP contribution is -2.44. The van der Waals surface area contributed by atoms with E-state index >= 15 is 0 Å². The fourth-order valence-corrected chi connectivity index (χ4v) is 2.80. The van der Waals surface area contributed by atoms with Gasteiger partial charge in [0, 0.05) is 5.69 Å². The molecule has 3 N–H and O–H groups in total. The van der Waals surface area contributed by atoms with E-state index in [1.165, 1.54) is 31.4 Å². The quantitative estimate of drug-likeness (QED) is 0.614. The highest BCUT2D eigenvalue weighted by molar-refractivity contribution is 7.89. The molecule has 0 heterocycles. The van der Waals surface area contributed by atoms with Crippen molar-refractivity contribution in [2.45, 2.75) is 24.8 Å². The Labute approximate surface area is 113 Å². The van der Waals surface area contributed by atoms with Gasteiger partial charge in [0.15, 0.2) is 0 Å². The summed E-state index contributed by atoms with van der Waals surface area (Å²) in [5, 5.41) is 0. The van der Waals surface area contributed by atoms with E-state index in [0.29, 0.717) is 5.69 Å². The number of rotatable bonds is 5. The zero-order valence-electron chi connectivity index (χ0n) is 11.1. The molecular weight excluding hydrogens is 268 g/mol. The van der Waals surface area contributed by atoms with Gasteiger partial charge in [0.2, 0.25) is 10.0 Å². The lowest BCUT2D eigenvalue weighted by molar-refractivity contribution is -0.143. The van der Waals surface area contributed by atoms with Crippen molar-refractivity contribution < 1.29 is 17.9 Å². The van der Waals surface area contributed by atoms with Gasteiger partial charge >= 0.3 is 5.97 Å². The highest BCUT2D eigenvalue weighted by Crippen LogP contribution is 2.14. The van der Waals surface area contributed by atoms with Crippen LogP contribution in [0.4, 0.5) is 5.69 Å². The predicted octanol–water partition coefficient (Wildman–Crippen LogP) is 0.745. The van der Waals surface area contributed by atoms with Gasteiger partial charge in [-0.1, -0.05) is 13.8 Å². The first kappa shape index (κ1) is 15.5. The molecule has 0 amide bonds. The van der Waals surface area contributed by atoms with Crippen molar-refractivity contribution in [3.05, 3.63) is 24.3 Å². The zero-order chi connectivity index (χ0) is 14.6. The number of nitrogens with one attached hydrogen (secondary N) is 1. The number of ether oxygens (including phenoxy) is 1. The van der Waals surface area contributed by atoms with Crippen molar-refractivity contribution >= 4 is 21.7 Å². The Balaban J connectivity index is 3.00. The van der Waals surface area contributed by atoms with Crippen molar-refractivity contribution in [1.82, 2.24) is 4.72 Å². The van der Waals surface area contributed by atoms with Crippen LogP contribution < -0.4 is 10.5 Å². The number of benzene rings is 1. The second kappa shape index (κ2) is 6.03. The Morgan fingerprint density at radius 1 is 1.26 bits per heavy atom. The summed E-state index contributed by atoms with van der Waals surface area (Å²) >= 11 is 0. The fourth-order valence-electron chi connectivity index (χ4n) is 1.47. The minimum absolute atomic E-state index is 0.0521. The molecule has 0 saturated heterocycles. The monoisotopic (exact) mass is 286 g/mol. The number of sulfonamides is 1. The average molecular weight is 286 g/mol. The standard InChI is InChI=1S/C12H18N2O4S/c1-8(2)11(12(15)18-3)14-19(16,17)10-6-4-9(13)5-7-10/h4-8,11,14H,13H2,1-3H3. The molecule has 0 spiro atoms. The SMILES string of the molecule is COC(=O)C(NS(=O)(=O)c1ccc(N)cc1)C(C)C. The van der Waals surface area contributed by atoms with Crippen LogP contribution in [0, 0.1) is 5.92 Å². The number of nitrogen functional groups attached to an aromatic ring is 1. The number of hydrogen-bond donors (Lipinski definition) is 2. The van der Waals surface area contributed by atoms with E-state index in [1.807, 2.05) is 0 Å². The smallest absolute Gasteiger partial charge is 0.324 e. The van der Waals surface area contributed by atoms with Crippen LogP contribution in [-0.2, 0) is 19.6 Å². The van der Waals surface area contributed by atoms with Crippen molar-refractivity contribution in [2.24, 2.45) is 5.92 Å². The summed E-state index contributed by atoms with van der Waals surface area (Å²) in [4.78, 5) is 11.6. The lowest BCUT2D eigenvalue weighted by atomic mass is 10.1.